The first-order valence-corrected chi connectivity index (χ1v) is 11.7. The molecule has 9 heteroatoms. The van der Waals surface area contributed by atoms with Gasteiger partial charge < -0.3 is 14.0 Å². The number of carbonyl (C=O) groups excluding carboxylic acids is 1. The summed E-state index contributed by atoms with van der Waals surface area (Å²) in [7, 11) is -0.366. The van der Waals surface area contributed by atoms with Crippen LogP contribution in [0.25, 0.3) is 0 Å². The molecule has 0 bridgehead atoms. The van der Waals surface area contributed by atoms with Crippen LogP contribution < -0.4 is 4.18 Å². The summed E-state index contributed by atoms with van der Waals surface area (Å²) in [6.45, 7) is 5.19. The van der Waals surface area contributed by atoms with E-state index in [4.69, 9.17) is 15.8 Å². The van der Waals surface area contributed by atoms with Crippen molar-refractivity contribution in [2.45, 2.75) is 31.7 Å². The lowest BCUT2D eigenvalue weighted by Crippen LogP contribution is -2.36. The van der Waals surface area contributed by atoms with Gasteiger partial charge in [0.2, 0.25) is 5.91 Å². The molecule has 0 saturated heterocycles. The number of rotatable bonds is 10. The van der Waals surface area contributed by atoms with Crippen molar-refractivity contribution in [1.82, 2.24) is 9.80 Å². The standard InChI is InChI=1S/C22H28ClFN2O4S/c1-16(2)13-22(27)26(12-11-25(3)4)15-17-14-18(23)5-10-21(17)30-31(28,29)20-8-6-19(24)7-9-20/h5-10,14,16H,11-13,15H2,1-4H3. The minimum Gasteiger partial charge on any atom is -0.379 e. The van der Waals surface area contributed by atoms with Crippen molar-refractivity contribution in [3.8, 4) is 5.75 Å². The van der Waals surface area contributed by atoms with E-state index in [1.54, 1.807) is 11.0 Å². The Morgan fingerprint density at radius 2 is 1.74 bits per heavy atom. The minimum absolute atomic E-state index is 0.0378. The van der Waals surface area contributed by atoms with Gasteiger partial charge in [-0.2, -0.15) is 8.42 Å². The van der Waals surface area contributed by atoms with Crippen LogP contribution in [0.15, 0.2) is 47.4 Å². The molecule has 0 heterocycles. The molecule has 1 amide bonds. The highest BCUT2D eigenvalue weighted by Gasteiger charge is 2.22. The number of hydrogen-bond acceptors (Lipinski definition) is 5. The van der Waals surface area contributed by atoms with Gasteiger partial charge in [0.25, 0.3) is 0 Å². The second-order valence-electron chi connectivity index (χ2n) is 7.96. The van der Waals surface area contributed by atoms with E-state index in [9.17, 15) is 17.6 Å². The zero-order valence-electron chi connectivity index (χ0n) is 18.1. The van der Waals surface area contributed by atoms with E-state index in [1.165, 1.54) is 12.1 Å². The molecule has 170 valence electrons. The molecule has 0 aliphatic carbocycles. The van der Waals surface area contributed by atoms with Gasteiger partial charge in [-0.05, 0) is 62.5 Å². The first kappa shape index (κ1) is 25.1. The van der Waals surface area contributed by atoms with E-state index < -0.39 is 15.9 Å². The first-order chi connectivity index (χ1) is 14.5. The van der Waals surface area contributed by atoms with Crippen molar-refractivity contribution in [1.29, 1.82) is 0 Å². The van der Waals surface area contributed by atoms with Crippen molar-refractivity contribution in [3.63, 3.8) is 0 Å². The smallest absolute Gasteiger partial charge is 0.339 e. The molecule has 6 nitrogen and oxygen atoms in total. The maximum atomic E-state index is 13.2. The van der Waals surface area contributed by atoms with Crippen LogP contribution in [-0.2, 0) is 21.5 Å². The van der Waals surface area contributed by atoms with Crippen molar-refractivity contribution < 1.29 is 21.8 Å². The summed E-state index contributed by atoms with van der Waals surface area (Å²) in [5.74, 6) is -0.334. The van der Waals surface area contributed by atoms with Crippen LogP contribution in [0.5, 0.6) is 5.75 Å². The molecule has 0 aliphatic heterocycles. The Bertz CT molecular complexity index is 995. The largest absolute Gasteiger partial charge is 0.379 e. The van der Waals surface area contributed by atoms with Crippen LogP contribution in [0.3, 0.4) is 0 Å². The second kappa shape index (κ2) is 10.9. The number of likely N-dealkylation sites (N-methyl/N-ethyl adjacent to an activating group) is 1. The van der Waals surface area contributed by atoms with Crippen LogP contribution in [0.1, 0.15) is 25.8 Å². The molecule has 0 aliphatic rings. The third-order valence-electron chi connectivity index (χ3n) is 4.44. The maximum absolute atomic E-state index is 13.2. The SMILES string of the molecule is CC(C)CC(=O)N(CCN(C)C)Cc1cc(Cl)ccc1OS(=O)(=O)c1ccc(F)cc1. The van der Waals surface area contributed by atoms with Gasteiger partial charge >= 0.3 is 10.1 Å². The van der Waals surface area contributed by atoms with E-state index in [0.717, 1.165) is 24.3 Å². The van der Waals surface area contributed by atoms with Gasteiger partial charge in [0.1, 0.15) is 16.5 Å². The van der Waals surface area contributed by atoms with Crippen LogP contribution >= 0.6 is 11.6 Å². The third kappa shape index (κ3) is 7.79. The van der Waals surface area contributed by atoms with E-state index in [0.29, 0.717) is 30.1 Å². The van der Waals surface area contributed by atoms with Gasteiger partial charge in [-0.1, -0.05) is 25.4 Å². The lowest BCUT2D eigenvalue weighted by Gasteiger charge is -2.26. The molecule has 31 heavy (non-hydrogen) atoms. The number of nitrogens with zero attached hydrogens (tertiary/aromatic N) is 2. The Hall–Kier alpha value is -2.16. The number of amides is 1. The number of halogens is 2. The fourth-order valence-corrected chi connectivity index (χ4v) is 3.98. The molecular weight excluding hydrogens is 443 g/mol. The Balaban J connectivity index is 2.33. The summed E-state index contributed by atoms with van der Waals surface area (Å²) in [6.07, 6.45) is 0.373. The lowest BCUT2D eigenvalue weighted by molar-refractivity contribution is -0.132. The topological polar surface area (TPSA) is 66.9 Å². The van der Waals surface area contributed by atoms with Crippen molar-refractivity contribution in [2.24, 2.45) is 5.92 Å². The number of hydrogen-bond donors (Lipinski definition) is 0. The second-order valence-corrected chi connectivity index (χ2v) is 9.94. The highest BCUT2D eigenvalue weighted by atomic mass is 35.5. The molecule has 2 aromatic carbocycles. The van der Waals surface area contributed by atoms with Crippen LogP contribution in [0.2, 0.25) is 5.02 Å². The molecular formula is C22H28ClFN2O4S. The molecule has 0 fully saturated rings. The summed E-state index contributed by atoms with van der Waals surface area (Å²) < 4.78 is 43.8. The average Bonchev–Trinajstić information content (AvgIpc) is 2.66. The highest BCUT2D eigenvalue weighted by molar-refractivity contribution is 7.87. The van der Waals surface area contributed by atoms with E-state index in [1.807, 2.05) is 32.8 Å². The monoisotopic (exact) mass is 470 g/mol. The van der Waals surface area contributed by atoms with Crippen molar-refractivity contribution in [3.05, 3.63) is 58.9 Å². The zero-order valence-corrected chi connectivity index (χ0v) is 19.7. The Labute approximate surface area is 188 Å². The summed E-state index contributed by atoms with van der Waals surface area (Å²) >= 11 is 6.14. The van der Waals surface area contributed by atoms with Crippen LogP contribution in [-0.4, -0.2) is 51.3 Å². The molecule has 0 saturated carbocycles. The van der Waals surface area contributed by atoms with E-state index in [-0.39, 0.29) is 29.0 Å². The van der Waals surface area contributed by atoms with Crippen molar-refractivity contribution in [2.75, 3.05) is 27.2 Å². The molecule has 0 radical (unpaired) electrons. The Morgan fingerprint density at radius 3 is 2.32 bits per heavy atom. The van der Waals surface area contributed by atoms with Crippen LogP contribution in [0, 0.1) is 11.7 Å². The normalized spacial score (nSPS) is 11.7. The molecule has 0 unspecified atom stereocenters. The molecule has 2 aromatic rings. The fourth-order valence-electron chi connectivity index (χ4n) is 2.82. The molecule has 2 rings (SSSR count). The predicted molar refractivity (Wildman–Crippen MR) is 119 cm³/mol. The third-order valence-corrected chi connectivity index (χ3v) is 5.92. The minimum atomic E-state index is -4.19. The highest BCUT2D eigenvalue weighted by Crippen LogP contribution is 2.28. The summed E-state index contributed by atoms with van der Waals surface area (Å²) in [6, 6.07) is 8.92. The fraction of sp³-hybridized carbons (Fsp3) is 0.409. The Morgan fingerprint density at radius 1 is 1.10 bits per heavy atom. The number of carbonyl (C=O) groups is 1. The molecule has 0 atom stereocenters. The average molecular weight is 471 g/mol. The summed E-state index contributed by atoms with van der Waals surface area (Å²) in [5, 5.41) is 0.394. The van der Waals surface area contributed by atoms with Gasteiger partial charge in [0.15, 0.2) is 0 Å². The zero-order chi connectivity index (χ0) is 23.2. The summed E-state index contributed by atoms with van der Waals surface area (Å²) in [5.41, 5.74) is 0.467. The maximum Gasteiger partial charge on any atom is 0.339 e. The van der Waals surface area contributed by atoms with Gasteiger partial charge in [-0.25, -0.2) is 4.39 Å². The molecule has 0 N–H and O–H groups in total. The molecule has 0 spiro atoms. The van der Waals surface area contributed by atoms with Gasteiger partial charge in [-0.15, -0.1) is 0 Å². The quantitative estimate of drug-likeness (QED) is 0.487. The molecule has 0 aromatic heterocycles. The predicted octanol–water partition coefficient (Wildman–Crippen LogP) is 4.18. The number of benzene rings is 2. The van der Waals surface area contributed by atoms with E-state index in [2.05, 4.69) is 0 Å². The van der Waals surface area contributed by atoms with Gasteiger partial charge in [0.05, 0.1) is 0 Å². The Kier molecular flexibility index (Phi) is 8.85. The first-order valence-electron chi connectivity index (χ1n) is 9.89. The lowest BCUT2D eigenvalue weighted by atomic mass is 10.1. The van der Waals surface area contributed by atoms with Crippen LogP contribution in [0.4, 0.5) is 4.39 Å². The van der Waals surface area contributed by atoms with Crippen molar-refractivity contribution >= 4 is 27.6 Å². The van der Waals surface area contributed by atoms with Gasteiger partial charge in [0, 0.05) is 36.6 Å². The summed E-state index contributed by atoms with van der Waals surface area (Å²) in [4.78, 5) is 16.2. The van der Waals surface area contributed by atoms with Gasteiger partial charge in [-0.3, -0.25) is 4.79 Å². The van der Waals surface area contributed by atoms with E-state index >= 15 is 0 Å².